The molecule has 6 nitrogen and oxygen atoms in total. The van der Waals surface area contributed by atoms with Crippen LogP contribution in [0.5, 0.6) is 5.88 Å². The average molecular weight is 413 g/mol. The van der Waals surface area contributed by atoms with Crippen LogP contribution in [-0.2, 0) is 4.79 Å². The van der Waals surface area contributed by atoms with Crippen LogP contribution >= 0.6 is 35.0 Å². The fourth-order valence-corrected chi connectivity index (χ4v) is 3.97. The standard InChI is InChI=1S/C17H18Cl2N4O2S/c1-25-15-4-5-20-17(21-15)23-8-6-22(7-9-23)16(24)11-26-14-10-12(18)2-3-13(14)19/h2-5,10H,6-9,11H2,1H3. The summed E-state index contributed by atoms with van der Waals surface area (Å²) in [6, 6.07) is 6.96. The number of anilines is 1. The van der Waals surface area contributed by atoms with Crippen molar-refractivity contribution < 1.29 is 9.53 Å². The minimum atomic E-state index is 0.0808. The summed E-state index contributed by atoms with van der Waals surface area (Å²) in [6.45, 7) is 2.62. The molecular formula is C17H18Cl2N4O2S. The maximum Gasteiger partial charge on any atom is 0.233 e. The van der Waals surface area contributed by atoms with E-state index in [9.17, 15) is 4.79 Å². The van der Waals surface area contributed by atoms with Crippen LogP contribution in [0, 0.1) is 0 Å². The minimum Gasteiger partial charge on any atom is -0.481 e. The molecule has 0 spiro atoms. The maximum atomic E-state index is 12.5. The number of amides is 1. The van der Waals surface area contributed by atoms with Crippen molar-refractivity contribution in [1.82, 2.24) is 14.9 Å². The number of carbonyl (C=O) groups excluding carboxylic acids is 1. The number of halogens is 2. The third-order valence-electron chi connectivity index (χ3n) is 3.99. The zero-order chi connectivity index (χ0) is 18.5. The van der Waals surface area contributed by atoms with Gasteiger partial charge in [0.25, 0.3) is 0 Å². The number of nitrogens with zero attached hydrogens (tertiary/aromatic N) is 4. The van der Waals surface area contributed by atoms with Crippen LogP contribution in [0.3, 0.4) is 0 Å². The van der Waals surface area contributed by atoms with Gasteiger partial charge in [-0.05, 0) is 18.2 Å². The number of hydrogen-bond donors (Lipinski definition) is 0. The van der Waals surface area contributed by atoms with Crippen LogP contribution in [0.2, 0.25) is 10.0 Å². The SMILES string of the molecule is COc1ccnc(N2CCN(C(=O)CSc3cc(Cl)ccc3Cl)CC2)n1. The minimum absolute atomic E-state index is 0.0808. The molecule has 138 valence electrons. The summed E-state index contributed by atoms with van der Waals surface area (Å²) in [7, 11) is 1.58. The monoisotopic (exact) mass is 412 g/mol. The Morgan fingerprint density at radius 2 is 2.00 bits per heavy atom. The van der Waals surface area contributed by atoms with Gasteiger partial charge in [0.05, 0.1) is 17.9 Å². The number of thioether (sulfide) groups is 1. The number of ether oxygens (including phenoxy) is 1. The van der Waals surface area contributed by atoms with Crippen molar-refractivity contribution in [1.29, 1.82) is 0 Å². The van der Waals surface area contributed by atoms with Gasteiger partial charge in [0.15, 0.2) is 0 Å². The number of rotatable bonds is 5. The highest BCUT2D eigenvalue weighted by atomic mass is 35.5. The smallest absolute Gasteiger partial charge is 0.233 e. The van der Waals surface area contributed by atoms with Gasteiger partial charge in [-0.15, -0.1) is 11.8 Å². The summed E-state index contributed by atoms with van der Waals surface area (Å²) in [5, 5.41) is 1.21. The molecule has 3 rings (SSSR count). The summed E-state index contributed by atoms with van der Waals surface area (Å²) in [6.07, 6.45) is 1.67. The largest absolute Gasteiger partial charge is 0.481 e. The molecule has 1 aliphatic heterocycles. The van der Waals surface area contributed by atoms with Crippen molar-refractivity contribution in [3.05, 3.63) is 40.5 Å². The zero-order valence-corrected chi connectivity index (χ0v) is 16.5. The van der Waals surface area contributed by atoms with Crippen LogP contribution in [-0.4, -0.2) is 59.8 Å². The Bertz CT molecular complexity index is 785. The van der Waals surface area contributed by atoms with E-state index in [-0.39, 0.29) is 5.91 Å². The molecule has 1 aromatic heterocycles. The van der Waals surface area contributed by atoms with E-state index in [0.717, 1.165) is 4.90 Å². The van der Waals surface area contributed by atoms with E-state index >= 15 is 0 Å². The van der Waals surface area contributed by atoms with Crippen molar-refractivity contribution in [2.24, 2.45) is 0 Å². The number of methoxy groups -OCH3 is 1. The van der Waals surface area contributed by atoms with Gasteiger partial charge >= 0.3 is 0 Å². The van der Waals surface area contributed by atoms with Gasteiger partial charge in [-0.2, -0.15) is 4.98 Å². The molecule has 2 aromatic rings. The lowest BCUT2D eigenvalue weighted by molar-refractivity contribution is -0.128. The number of carbonyl (C=O) groups is 1. The van der Waals surface area contributed by atoms with Crippen LogP contribution in [0.1, 0.15) is 0 Å². The molecule has 0 atom stereocenters. The first-order valence-corrected chi connectivity index (χ1v) is 9.78. The normalized spacial score (nSPS) is 14.4. The van der Waals surface area contributed by atoms with E-state index in [1.807, 2.05) is 9.80 Å². The molecule has 1 amide bonds. The quantitative estimate of drug-likeness (QED) is 0.702. The van der Waals surface area contributed by atoms with E-state index in [2.05, 4.69) is 9.97 Å². The number of hydrogen-bond acceptors (Lipinski definition) is 6. The molecule has 0 N–H and O–H groups in total. The second kappa shape index (κ2) is 8.79. The first-order chi connectivity index (χ1) is 12.6. The van der Waals surface area contributed by atoms with Gasteiger partial charge in [0.2, 0.25) is 17.7 Å². The molecule has 0 radical (unpaired) electrons. The van der Waals surface area contributed by atoms with Gasteiger partial charge in [0, 0.05) is 48.4 Å². The van der Waals surface area contributed by atoms with Gasteiger partial charge in [-0.25, -0.2) is 4.98 Å². The van der Waals surface area contributed by atoms with Gasteiger partial charge in [-0.1, -0.05) is 23.2 Å². The molecule has 1 aliphatic rings. The Hall–Kier alpha value is -1.70. The Morgan fingerprint density at radius 1 is 1.23 bits per heavy atom. The van der Waals surface area contributed by atoms with Crippen molar-refractivity contribution >= 4 is 46.8 Å². The highest BCUT2D eigenvalue weighted by Gasteiger charge is 2.23. The Balaban J connectivity index is 1.52. The van der Waals surface area contributed by atoms with Gasteiger partial charge < -0.3 is 14.5 Å². The van der Waals surface area contributed by atoms with Crippen molar-refractivity contribution in [2.75, 3.05) is 43.9 Å². The second-order valence-electron chi connectivity index (χ2n) is 5.63. The lowest BCUT2D eigenvalue weighted by Gasteiger charge is -2.34. The van der Waals surface area contributed by atoms with Crippen LogP contribution in [0.15, 0.2) is 35.4 Å². The molecule has 0 unspecified atom stereocenters. The molecule has 26 heavy (non-hydrogen) atoms. The first kappa shape index (κ1) is 19.1. The van der Waals surface area contributed by atoms with Crippen LogP contribution < -0.4 is 9.64 Å². The second-order valence-corrected chi connectivity index (χ2v) is 7.49. The lowest BCUT2D eigenvalue weighted by Crippen LogP contribution is -2.49. The van der Waals surface area contributed by atoms with Crippen LogP contribution in [0.25, 0.3) is 0 Å². The molecule has 0 saturated carbocycles. The van der Waals surface area contributed by atoms with Gasteiger partial charge in [-0.3, -0.25) is 4.79 Å². The molecule has 1 saturated heterocycles. The summed E-state index contributed by atoms with van der Waals surface area (Å²) < 4.78 is 5.13. The fraction of sp³-hybridized carbons (Fsp3) is 0.353. The maximum absolute atomic E-state index is 12.5. The van der Waals surface area contributed by atoms with E-state index in [4.69, 9.17) is 27.9 Å². The lowest BCUT2D eigenvalue weighted by atomic mass is 10.3. The predicted octanol–water partition coefficient (Wildman–Crippen LogP) is 3.23. The van der Waals surface area contributed by atoms with Gasteiger partial charge in [0.1, 0.15) is 0 Å². The van der Waals surface area contributed by atoms with E-state index in [0.29, 0.717) is 53.8 Å². The molecule has 1 fully saturated rings. The van der Waals surface area contributed by atoms with E-state index in [1.165, 1.54) is 11.8 Å². The highest BCUT2D eigenvalue weighted by Crippen LogP contribution is 2.30. The van der Waals surface area contributed by atoms with Crippen molar-refractivity contribution in [3.63, 3.8) is 0 Å². The molecule has 0 aliphatic carbocycles. The summed E-state index contributed by atoms with van der Waals surface area (Å²) in [4.78, 5) is 25.8. The molecular weight excluding hydrogens is 395 g/mol. The first-order valence-electron chi connectivity index (χ1n) is 8.04. The Morgan fingerprint density at radius 3 is 2.73 bits per heavy atom. The molecule has 1 aromatic carbocycles. The number of aromatic nitrogens is 2. The molecule has 0 bridgehead atoms. The number of piperazine rings is 1. The fourth-order valence-electron chi connectivity index (χ4n) is 2.57. The van der Waals surface area contributed by atoms with E-state index in [1.54, 1.807) is 37.6 Å². The Kier molecular flexibility index (Phi) is 6.45. The average Bonchev–Trinajstić information content (AvgIpc) is 2.68. The zero-order valence-electron chi connectivity index (χ0n) is 14.2. The summed E-state index contributed by atoms with van der Waals surface area (Å²) in [5.74, 6) is 1.56. The summed E-state index contributed by atoms with van der Waals surface area (Å²) >= 11 is 13.5. The number of benzene rings is 1. The third-order valence-corrected chi connectivity index (χ3v) is 5.70. The molecule has 2 heterocycles. The van der Waals surface area contributed by atoms with E-state index < -0.39 is 0 Å². The predicted molar refractivity (Wildman–Crippen MR) is 105 cm³/mol. The highest BCUT2D eigenvalue weighted by molar-refractivity contribution is 8.00. The van der Waals surface area contributed by atoms with Crippen LogP contribution in [0.4, 0.5) is 5.95 Å². The summed E-state index contributed by atoms with van der Waals surface area (Å²) in [5.41, 5.74) is 0. The Labute approximate surface area is 166 Å². The third kappa shape index (κ3) is 4.72. The van der Waals surface area contributed by atoms with Crippen molar-refractivity contribution in [3.8, 4) is 5.88 Å². The molecule has 9 heteroatoms. The van der Waals surface area contributed by atoms with Crippen molar-refractivity contribution in [2.45, 2.75) is 4.90 Å². The topological polar surface area (TPSA) is 58.6 Å².